The van der Waals surface area contributed by atoms with Crippen LogP contribution in [-0.4, -0.2) is 24.3 Å². The number of hydrogen-bond acceptors (Lipinski definition) is 2. The van der Waals surface area contributed by atoms with E-state index < -0.39 is 0 Å². The molecule has 0 heterocycles. The Balaban J connectivity index is 0.00000320. The van der Waals surface area contributed by atoms with Crippen LogP contribution in [0.4, 0.5) is 0 Å². The van der Waals surface area contributed by atoms with Crippen molar-refractivity contribution in [3.05, 3.63) is 119 Å². The molecule has 4 heteroatoms. The standard InChI is InChI=1S/C26H24ClNO.ClH/c1-20(18-28(2)19-22-9-5-3-6-10-22)26(29)25(23-11-7-4-8-12-23)17-21-13-15-24(27)16-14-21;/h3-17H,1,18-19H2,2H3;1H/b25-17+;. The molecule has 0 fully saturated rings. The van der Waals surface area contributed by atoms with E-state index in [1.807, 2.05) is 85.9 Å². The van der Waals surface area contributed by atoms with Gasteiger partial charge < -0.3 is 0 Å². The van der Waals surface area contributed by atoms with Gasteiger partial charge in [-0.15, -0.1) is 12.4 Å². The van der Waals surface area contributed by atoms with Crippen LogP contribution < -0.4 is 0 Å². The molecule has 0 bridgehead atoms. The molecule has 0 N–H and O–H groups in total. The number of nitrogens with zero attached hydrogens (tertiary/aromatic N) is 1. The molecule has 3 aromatic rings. The molecule has 0 radical (unpaired) electrons. The van der Waals surface area contributed by atoms with Gasteiger partial charge in [0, 0.05) is 29.3 Å². The zero-order valence-corrected chi connectivity index (χ0v) is 18.5. The SMILES string of the molecule is C=C(CN(C)Cc1ccccc1)C(=O)/C(=C/c1ccc(Cl)cc1)c1ccccc1.Cl. The van der Waals surface area contributed by atoms with Crippen LogP contribution in [0, 0.1) is 0 Å². The summed E-state index contributed by atoms with van der Waals surface area (Å²) < 4.78 is 0. The maximum Gasteiger partial charge on any atom is 0.190 e. The molecule has 0 aliphatic carbocycles. The number of halogens is 2. The number of carbonyl (C=O) groups excluding carboxylic acids is 1. The molecule has 0 saturated heterocycles. The van der Waals surface area contributed by atoms with Crippen molar-refractivity contribution >= 4 is 41.4 Å². The minimum atomic E-state index is -0.0499. The highest BCUT2D eigenvalue weighted by Gasteiger charge is 2.17. The number of allylic oxidation sites excluding steroid dienone is 1. The summed E-state index contributed by atoms with van der Waals surface area (Å²) in [5, 5.41) is 0.668. The Labute approximate surface area is 189 Å². The maximum atomic E-state index is 13.3. The third kappa shape index (κ3) is 6.70. The highest BCUT2D eigenvalue weighted by Crippen LogP contribution is 2.23. The second kappa shape index (κ2) is 11.5. The quantitative estimate of drug-likeness (QED) is 0.293. The molecule has 0 amide bonds. The average Bonchev–Trinajstić information content (AvgIpc) is 2.74. The summed E-state index contributed by atoms with van der Waals surface area (Å²) in [5.74, 6) is -0.0499. The molecule has 0 saturated carbocycles. The lowest BCUT2D eigenvalue weighted by atomic mass is 9.95. The first-order valence-corrected chi connectivity index (χ1v) is 9.88. The van der Waals surface area contributed by atoms with E-state index >= 15 is 0 Å². The van der Waals surface area contributed by atoms with Gasteiger partial charge >= 0.3 is 0 Å². The van der Waals surface area contributed by atoms with Crippen LogP contribution in [0.3, 0.4) is 0 Å². The molecule has 0 unspecified atom stereocenters. The van der Waals surface area contributed by atoms with Gasteiger partial charge in [-0.2, -0.15) is 0 Å². The van der Waals surface area contributed by atoms with Gasteiger partial charge in [-0.1, -0.05) is 91.0 Å². The van der Waals surface area contributed by atoms with Crippen LogP contribution >= 0.6 is 24.0 Å². The van der Waals surface area contributed by atoms with Gasteiger partial charge in [0.05, 0.1) is 0 Å². The number of ketones is 1. The Kier molecular flexibility index (Phi) is 9.07. The molecule has 0 aliphatic rings. The first kappa shape index (κ1) is 23.6. The van der Waals surface area contributed by atoms with Crippen molar-refractivity contribution in [2.24, 2.45) is 0 Å². The number of carbonyl (C=O) groups is 1. The Morgan fingerprint density at radius 1 is 0.933 bits per heavy atom. The van der Waals surface area contributed by atoms with Gasteiger partial charge in [0.1, 0.15) is 0 Å². The maximum absolute atomic E-state index is 13.3. The summed E-state index contributed by atoms with van der Waals surface area (Å²) in [6.45, 7) is 5.34. The Hall–Kier alpha value is -2.65. The molecular weight excluding hydrogens is 413 g/mol. The predicted octanol–water partition coefficient (Wildman–Crippen LogP) is 6.56. The Morgan fingerprint density at radius 2 is 1.50 bits per heavy atom. The van der Waals surface area contributed by atoms with Crippen molar-refractivity contribution in [2.75, 3.05) is 13.6 Å². The van der Waals surface area contributed by atoms with Gasteiger partial charge in [-0.3, -0.25) is 9.69 Å². The Morgan fingerprint density at radius 3 is 2.10 bits per heavy atom. The zero-order chi connectivity index (χ0) is 20.6. The lowest BCUT2D eigenvalue weighted by Gasteiger charge is -2.18. The molecule has 3 aromatic carbocycles. The minimum Gasteiger partial charge on any atom is -0.298 e. The van der Waals surface area contributed by atoms with Crippen LogP contribution in [-0.2, 0) is 11.3 Å². The second-order valence-corrected chi connectivity index (χ2v) is 7.50. The van der Waals surface area contributed by atoms with Gasteiger partial charge in [-0.25, -0.2) is 0 Å². The fourth-order valence-electron chi connectivity index (χ4n) is 3.16. The highest BCUT2D eigenvalue weighted by molar-refractivity contribution is 6.32. The summed E-state index contributed by atoms with van der Waals surface area (Å²) in [7, 11) is 2.00. The molecule has 154 valence electrons. The molecule has 2 nitrogen and oxygen atoms in total. The minimum absolute atomic E-state index is 0. The molecule has 3 rings (SSSR count). The van der Waals surface area contributed by atoms with Crippen LogP contribution in [0.5, 0.6) is 0 Å². The number of hydrogen-bond donors (Lipinski definition) is 0. The number of likely N-dealkylation sites (N-methyl/N-ethyl adjacent to an activating group) is 1. The van der Waals surface area contributed by atoms with Crippen molar-refractivity contribution in [3.8, 4) is 0 Å². The summed E-state index contributed by atoms with van der Waals surface area (Å²) in [6, 6.07) is 27.4. The van der Waals surface area contributed by atoms with Crippen molar-refractivity contribution in [1.29, 1.82) is 0 Å². The van der Waals surface area contributed by atoms with Crippen molar-refractivity contribution in [1.82, 2.24) is 4.90 Å². The molecule has 30 heavy (non-hydrogen) atoms. The number of Topliss-reactive ketones (excluding diaryl/α,β-unsaturated/α-hetero) is 1. The topological polar surface area (TPSA) is 20.3 Å². The fourth-order valence-corrected chi connectivity index (χ4v) is 3.29. The zero-order valence-electron chi connectivity index (χ0n) is 16.9. The van der Waals surface area contributed by atoms with E-state index in [9.17, 15) is 4.79 Å². The van der Waals surface area contributed by atoms with E-state index in [1.54, 1.807) is 0 Å². The summed E-state index contributed by atoms with van der Waals surface area (Å²) >= 11 is 5.99. The normalized spacial score (nSPS) is 11.1. The van der Waals surface area contributed by atoms with Gasteiger partial charge in [0.15, 0.2) is 5.78 Å². The average molecular weight is 438 g/mol. The van der Waals surface area contributed by atoms with Gasteiger partial charge in [-0.05, 0) is 41.9 Å². The van der Waals surface area contributed by atoms with E-state index in [4.69, 9.17) is 11.6 Å². The van der Waals surface area contributed by atoms with Crippen molar-refractivity contribution in [2.45, 2.75) is 6.54 Å². The third-order valence-corrected chi connectivity index (χ3v) is 4.84. The number of rotatable bonds is 8. The smallest absolute Gasteiger partial charge is 0.190 e. The van der Waals surface area contributed by atoms with Crippen LogP contribution in [0.15, 0.2) is 97.1 Å². The largest absolute Gasteiger partial charge is 0.298 e. The summed E-state index contributed by atoms with van der Waals surface area (Å²) in [4.78, 5) is 15.4. The monoisotopic (exact) mass is 437 g/mol. The lowest BCUT2D eigenvalue weighted by molar-refractivity contribution is -0.110. The van der Waals surface area contributed by atoms with E-state index in [2.05, 4.69) is 23.6 Å². The second-order valence-electron chi connectivity index (χ2n) is 7.07. The van der Waals surface area contributed by atoms with E-state index in [0.29, 0.717) is 22.7 Å². The van der Waals surface area contributed by atoms with Crippen molar-refractivity contribution < 1.29 is 4.79 Å². The molecule has 0 atom stereocenters. The molecule has 0 spiro atoms. The summed E-state index contributed by atoms with van der Waals surface area (Å²) in [6.07, 6.45) is 1.90. The number of benzene rings is 3. The van der Waals surface area contributed by atoms with Crippen LogP contribution in [0.25, 0.3) is 11.6 Å². The summed E-state index contributed by atoms with van der Waals surface area (Å²) in [5.41, 5.74) is 4.19. The molecular formula is C26H25Cl2NO. The predicted molar refractivity (Wildman–Crippen MR) is 130 cm³/mol. The third-order valence-electron chi connectivity index (χ3n) is 4.59. The van der Waals surface area contributed by atoms with E-state index in [0.717, 1.165) is 17.7 Å². The first-order valence-electron chi connectivity index (χ1n) is 9.50. The van der Waals surface area contributed by atoms with E-state index in [-0.39, 0.29) is 18.2 Å². The molecule has 0 aliphatic heterocycles. The van der Waals surface area contributed by atoms with Crippen LogP contribution in [0.1, 0.15) is 16.7 Å². The van der Waals surface area contributed by atoms with Gasteiger partial charge in [0.2, 0.25) is 0 Å². The van der Waals surface area contributed by atoms with E-state index in [1.165, 1.54) is 5.56 Å². The lowest BCUT2D eigenvalue weighted by Crippen LogP contribution is -2.23. The molecule has 0 aromatic heterocycles. The van der Waals surface area contributed by atoms with Crippen LogP contribution in [0.2, 0.25) is 5.02 Å². The van der Waals surface area contributed by atoms with Gasteiger partial charge in [0.25, 0.3) is 0 Å². The first-order chi connectivity index (χ1) is 14.0. The van der Waals surface area contributed by atoms with Crippen molar-refractivity contribution in [3.63, 3.8) is 0 Å². The Bertz CT molecular complexity index is 996. The highest BCUT2D eigenvalue weighted by atomic mass is 35.5. The fraction of sp³-hybridized carbons (Fsp3) is 0.115.